The molecule has 1 aromatic carbocycles. The standard InChI is InChI=1S/C19H26N4O4S2/c1-12(2)10-17-20-14(4)18(28-17)19(25)22-21-16(24)11-23(5)29(26,27)15-8-6-13(3)7-9-15/h6-9,12H,10-11H2,1-5H3,(H,21,24)(H,22,25). The zero-order valence-electron chi connectivity index (χ0n) is 17.1. The predicted molar refractivity (Wildman–Crippen MR) is 112 cm³/mol. The van der Waals surface area contributed by atoms with Crippen LogP contribution >= 0.6 is 11.3 Å². The highest BCUT2D eigenvalue weighted by Crippen LogP contribution is 2.20. The van der Waals surface area contributed by atoms with Crippen molar-refractivity contribution in [3.05, 3.63) is 45.4 Å². The molecule has 2 N–H and O–H groups in total. The molecule has 158 valence electrons. The van der Waals surface area contributed by atoms with Gasteiger partial charge in [0.15, 0.2) is 0 Å². The first-order chi connectivity index (χ1) is 13.5. The fraction of sp³-hybridized carbons (Fsp3) is 0.421. The van der Waals surface area contributed by atoms with E-state index in [-0.39, 0.29) is 4.90 Å². The van der Waals surface area contributed by atoms with Crippen molar-refractivity contribution in [2.45, 2.75) is 39.0 Å². The molecule has 10 heteroatoms. The van der Waals surface area contributed by atoms with Crippen LogP contribution in [0.5, 0.6) is 0 Å². The average Bonchev–Trinajstić information content (AvgIpc) is 2.99. The van der Waals surface area contributed by atoms with Crippen LogP contribution in [0.25, 0.3) is 0 Å². The van der Waals surface area contributed by atoms with Crippen molar-refractivity contribution in [3.63, 3.8) is 0 Å². The second-order valence-electron chi connectivity index (χ2n) is 7.20. The molecule has 2 amide bonds. The number of likely N-dealkylation sites (N-methyl/N-ethyl adjacent to an activating group) is 1. The van der Waals surface area contributed by atoms with Crippen LogP contribution in [0.3, 0.4) is 0 Å². The molecule has 0 saturated carbocycles. The molecule has 0 unspecified atom stereocenters. The minimum absolute atomic E-state index is 0.0976. The van der Waals surface area contributed by atoms with Crippen LogP contribution in [0.4, 0.5) is 0 Å². The number of aromatic nitrogens is 1. The number of rotatable bonds is 7. The largest absolute Gasteiger partial charge is 0.281 e. The molecule has 2 rings (SSSR count). The number of hydrogen-bond acceptors (Lipinski definition) is 6. The number of thiazole rings is 1. The van der Waals surface area contributed by atoms with Gasteiger partial charge in [0.05, 0.1) is 22.1 Å². The highest BCUT2D eigenvalue weighted by molar-refractivity contribution is 7.89. The van der Waals surface area contributed by atoms with Gasteiger partial charge in [-0.05, 0) is 31.9 Å². The van der Waals surface area contributed by atoms with E-state index in [2.05, 4.69) is 29.7 Å². The second-order valence-corrected chi connectivity index (χ2v) is 10.3. The first-order valence-electron chi connectivity index (χ1n) is 9.09. The molecule has 0 fully saturated rings. The Balaban J connectivity index is 1.94. The minimum Gasteiger partial charge on any atom is -0.272 e. The summed E-state index contributed by atoms with van der Waals surface area (Å²) in [5.74, 6) is -0.712. The van der Waals surface area contributed by atoms with Gasteiger partial charge in [0.25, 0.3) is 11.8 Å². The van der Waals surface area contributed by atoms with E-state index in [0.29, 0.717) is 16.5 Å². The fourth-order valence-electron chi connectivity index (χ4n) is 2.50. The zero-order chi connectivity index (χ0) is 21.8. The number of amides is 2. The van der Waals surface area contributed by atoms with Crippen LogP contribution in [-0.2, 0) is 21.2 Å². The monoisotopic (exact) mass is 438 g/mol. The van der Waals surface area contributed by atoms with E-state index in [4.69, 9.17) is 0 Å². The lowest BCUT2D eigenvalue weighted by molar-refractivity contribution is -0.121. The van der Waals surface area contributed by atoms with E-state index in [9.17, 15) is 18.0 Å². The second kappa shape index (κ2) is 9.47. The molecule has 2 aromatic rings. The first kappa shape index (κ1) is 23.0. The Morgan fingerprint density at radius 1 is 1.14 bits per heavy atom. The summed E-state index contributed by atoms with van der Waals surface area (Å²) in [7, 11) is -2.50. The SMILES string of the molecule is Cc1ccc(S(=O)(=O)N(C)CC(=O)NNC(=O)c2sc(CC(C)C)nc2C)cc1. The quantitative estimate of drug-likeness (QED) is 0.643. The number of benzene rings is 1. The van der Waals surface area contributed by atoms with Gasteiger partial charge in [-0.2, -0.15) is 4.31 Å². The van der Waals surface area contributed by atoms with Crippen molar-refractivity contribution >= 4 is 33.2 Å². The van der Waals surface area contributed by atoms with Crippen molar-refractivity contribution in [3.8, 4) is 0 Å². The maximum absolute atomic E-state index is 12.5. The molecule has 0 aliphatic rings. The maximum Gasteiger partial charge on any atom is 0.281 e. The average molecular weight is 439 g/mol. The van der Waals surface area contributed by atoms with Gasteiger partial charge in [-0.15, -0.1) is 11.3 Å². The molecule has 0 spiro atoms. The van der Waals surface area contributed by atoms with Crippen LogP contribution in [0.2, 0.25) is 0 Å². The van der Waals surface area contributed by atoms with E-state index in [0.717, 1.165) is 21.3 Å². The normalized spacial score (nSPS) is 11.7. The molecule has 0 aliphatic heterocycles. The first-order valence-corrected chi connectivity index (χ1v) is 11.3. The van der Waals surface area contributed by atoms with Crippen molar-refractivity contribution in [2.24, 2.45) is 5.92 Å². The number of hydrogen-bond donors (Lipinski definition) is 2. The Labute approximate surface area is 175 Å². The summed E-state index contributed by atoms with van der Waals surface area (Å²) < 4.78 is 26.0. The number of sulfonamides is 1. The van der Waals surface area contributed by atoms with Gasteiger partial charge in [-0.25, -0.2) is 13.4 Å². The van der Waals surface area contributed by atoms with Gasteiger partial charge in [0.1, 0.15) is 4.88 Å². The fourth-order valence-corrected chi connectivity index (χ4v) is 4.80. The lowest BCUT2D eigenvalue weighted by Gasteiger charge is -2.17. The zero-order valence-corrected chi connectivity index (χ0v) is 18.8. The van der Waals surface area contributed by atoms with E-state index in [1.807, 2.05) is 6.92 Å². The molecule has 0 radical (unpaired) electrons. The number of carbonyl (C=O) groups excluding carboxylic acids is 2. The van der Waals surface area contributed by atoms with Gasteiger partial charge >= 0.3 is 0 Å². The topological polar surface area (TPSA) is 108 Å². The van der Waals surface area contributed by atoms with Crippen LogP contribution in [0.1, 0.15) is 39.8 Å². The molecule has 0 bridgehead atoms. The number of carbonyl (C=O) groups is 2. The number of hydrazine groups is 1. The van der Waals surface area contributed by atoms with Gasteiger partial charge < -0.3 is 0 Å². The Morgan fingerprint density at radius 2 is 1.76 bits per heavy atom. The molecule has 0 saturated heterocycles. The molecule has 1 aromatic heterocycles. The minimum atomic E-state index is -3.80. The lowest BCUT2D eigenvalue weighted by atomic mass is 10.1. The predicted octanol–water partition coefficient (Wildman–Crippen LogP) is 2.04. The lowest BCUT2D eigenvalue weighted by Crippen LogP contribution is -2.46. The molecule has 0 atom stereocenters. The summed E-state index contributed by atoms with van der Waals surface area (Å²) in [5.41, 5.74) is 6.10. The highest BCUT2D eigenvalue weighted by Gasteiger charge is 2.23. The Bertz CT molecular complexity index is 982. The Hall–Kier alpha value is -2.30. The summed E-state index contributed by atoms with van der Waals surface area (Å²) in [6, 6.07) is 6.35. The van der Waals surface area contributed by atoms with Crippen molar-refractivity contribution in [2.75, 3.05) is 13.6 Å². The smallest absolute Gasteiger partial charge is 0.272 e. The van der Waals surface area contributed by atoms with E-state index >= 15 is 0 Å². The third-order valence-corrected chi connectivity index (χ3v) is 7.04. The van der Waals surface area contributed by atoms with Gasteiger partial charge in [-0.3, -0.25) is 20.4 Å². The summed E-state index contributed by atoms with van der Waals surface area (Å²) in [6.45, 7) is 7.29. The van der Waals surface area contributed by atoms with Gasteiger partial charge in [0.2, 0.25) is 10.0 Å². The van der Waals surface area contributed by atoms with Crippen molar-refractivity contribution in [1.29, 1.82) is 0 Å². The molecule has 8 nitrogen and oxygen atoms in total. The molecular formula is C19H26N4O4S2. The number of nitrogens with zero attached hydrogens (tertiary/aromatic N) is 2. The summed E-state index contributed by atoms with van der Waals surface area (Å²) in [5, 5.41) is 0.859. The van der Waals surface area contributed by atoms with Crippen molar-refractivity contribution in [1.82, 2.24) is 20.1 Å². The summed E-state index contributed by atoms with van der Waals surface area (Å²) in [6.07, 6.45) is 0.771. The van der Waals surface area contributed by atoms with Crippen LogP contribution < -0.4 is 10.9 Å². The maximum atomic E-state index is 12.5. The van der Waals surface area contributed by atoms with Crippen molar-refractivity contribution < 1.29 is 18.0 Å². The molecule has 29 heavy (non-hydrogen) atoms. The third kappa shape index (κ3) is 6.09. The van der Waals surface area contributed by atoms with Gasteiger partial charge in [0, 0.05) is 13.5 Å². The third-order valence-electron chi connectivity index (χ3n) is 4.04. The number of aryl methyl sites for hydroxylation is 2. The van der Waals surface area contributed by atoms with E-state index < -0.39 is 28.4 Å². The number of nitrogens with one attached hydrogen (secondary N) is 2. The molecular weight excluding hydrogens is 412 g/mol. The van der Waals surface area contributed by atoms with Crippen LogP contribution in [0, 0.1) is 19.8 Å². The van der Waals surface area contributed by atoms with E-state index in [1.54, 1.807) is 19.1 Å². The van der Waals surface area contributed by atoms with E-state index in [1.165, 1.54) is 30.5 Å². The highest BCUT2D eigenvalue weighted by atomic mass is 32.2. The summed E-state index contributed by atoms with van der Waals surface area (Å²) >= 11 is 1.28. The Kier molecular flexibility index (Phi) is 7.50. The molecule has 0 aliphatic carbocycles. The summed E-state index contributed by atoms with van der Waals surface area (Å²) in [4.78, 5) is 29.3. The molecule has 1 heterocycles. The Morgan fingerprint density at radius 3 is 2.34 bits per heavy atom. The van der Waals surface area contributed by atoms with Gasteiger partial charge in [-0.1, -0.05) is 31.5 Å². The van der Waals surface area contributed by atoms with Crippen LogP contribution in [-0.4, -0.2) is 43.1 Å². The van der Waals surface area contributed by atoms with Crippen LogP contribution in [0.15, 0.2) is 29.2 Å².